The molecule has 5 nitrogen and oxygen atoms in total. The molecule has 3 aromatic carbocycles. The largest absolute Gasteiger partial charge is 0.478 e. The third-order valence-corrected chi connectivity index (χ3v) is 4.11. The molecule has 0 radical (unpaired) electrons. The van der Waals surface area contributed by atoms with E-state index in [9.17, 15) is 4.79 Å². The van der Waals surface area contributed by atoms with Crippen molar-refractivity contribution in [2.45, 2.75) is 6.92 Å². The Labute approximate surface area is 152 Å². The van der Waals surface area contributed by atoms with Gasteiger partial charge in [-0.1, -0.05) is 18.2 Å². The van der Waals surface area contributed by atoms with Crippen molar-refractivity contribution in [2.75, 3.05) is 11.9 Å². The molecular formula is C21H19N3O2. The van der Waals surface area contributed by atoms with Gasteiger partial charge in [-0.3, -0.25) is 0 Å². The second-order valence-electron chi connectivity index (χ2n) is 5.91. The van der Waals surface area contributed by atoms with Crippen molar-refractivity contribution < 1.29 is 9.90 Å². The molecule has 26 heavy (non-hydrogen) atoms. The second kappa shape index (κ2) is 7.61. The van der Waals surface area contributed by atoms with Crippen LogP contribution in [-0.2, 0) is 0 Å². The van der Waals surface area contributed by atoms with Gasteiger partial charge in [0.1, 0.15) is 0 Å². The average Bonchev–Trinajstić information content (AvgIpc) is 2.67. The van der Waals surface area contributed by atoms with Gasteiger partial charge < -0.3 is 10.0 Å². The Balaban J connectivity index is 1.73. The molecule has 0 unspecified atom stereocenters. The molecular weight excluding hydrogens is 326 g/mol. The first-order valence-electron chi connectivity index (χ1n) is 8.19. The lowest BCUT2D eigenvalue weighted by molar-refractivity contribution is 0.0697. The number of carbonyl (C=O) groups is 1. The summed E-state index contributed by atoms with van der Waals surface area (Å²) in [5.74, 6) is -0.957. The molecule has 0 aliphatic carbocycles. The lowest BCUT2D eigenvalue weighted by Gasteiger charge is -2.21. The van der Waals surface area contributed by atoms with Crippen molar-refractivity contribution in [1.82, 2.24) is 0 Å². The maximum atomic E-state index is 10.8. The van der Waals surface area contributed by atoms with Crippen molar-refractivity contribution >= 4 is 28.7 Å². The van der Waals surface area contributed by atoms with Crippen molar-refractivity contribution in [3.8, 4) is 0 Å². The van der Waals surface area contributed by atoms with E-state index in [4.69, 9.17) is 5.11 Å². The molecule has 0 aliphatic heterocycles. The zero-order chi connectivity index (χ0) is 18.5. The Bertz CT molecular complexity index is 932. The first-order valence-corrected chi connectivity index (χ1v) is 8.19. The lowest BCUT2D eigenvalue weighted by Crippen LogP contribution is -2.10. The highest BCUT2D eigenvalue weighted by Gasteiger charge is 2.06. The van der Waals surface area contributed by atoms with Gasteiger partial charge in [0, 0.05) is 18.4 Å². The van der Waals surface area contributed by atoms with E-state index in [1.807, 2.05) is 43.4 Å². The van der Waals surface area contributed by atoms with E-state index in [0.717, 1.165) is 17.1 Å². The van der Waals surface area contributed by atoms with Gasteiger partial charge in [-0.15, -0.1) is 0 Å². The van der Waals surface area contributed by atoms with Crippen LogP contribution in [0, 0.1) is 6.92 Å². The molecule has 0 amide bonds. The van der Waals surface area contributed by atoms with Crippen molar-refractivity contribution in [3.05, 3.63) is 83.9 Å². The number of hydrogen-bond donors (Lipinski definition) is 1. The molecule has 3 aromatic rings. The summed E-state index contributed by atoms with van der Waals surface area (Å²) in [7, 11) is 2.03. The average molecular weight is 345 g/mol. The number of carboxylic acid groups (broad SMARTS) is 1. The van der Waals surface area contributed by atoms with E-state index in [0.29, 0.717) is 5.69 Å². The second-order valence-corrected chi connectivity index (χ2v) is 5.91. The van der Waals surface area contributed by atoms with Crippen LogP contribution in [0.5, 0.6) is 0 Å². The van der Waals surface area contributed by atoms with Gasteiger partial charge in [0.2, 0.25) is 0 Å². The quantitative estimate of drug-likeness (QED) is 0.588. The molecule has 1 N–H and O–H groups in total. The topological polar surface area (TPSA) is 65.3 Å². The number of carboxylic acids is 1. The standard InChI is InChI=1S/C21H19N3O2/c1-15-5-3-4-6-20(15)24(2)19-13-11-18(12-14-19)23-22-17-9-7-16(8-10-17)21(25)26/h3-14H,1-2H3,(H,25,26). The zero-order valence-electron chi connectivity index (χ0n) is 14.6. The Hall–Kier alpha value is -3.47. The monoisotopic (exact) mass is 345 g/mol. The first-order chi connectivity index (χ1) is 12.5. The first kappa shape index (κ1) is 17.4. The van der Waals surface area contributed by atoms with E-state index in [1.54, 1.807) is 12.1 Å². The van der Waals surface area contributed by atoms with Crippen LogP contribution in [0.4, 0.5) is 22.7 Å². The number of rotatable bonds is 5. The lowest BCUT2D eigenvalue weighted by atomic mass is 10.1. The normalized spacial score (nSPS) is 10.8. The van der Waals surface area contributed by atoms with Gasteiger partial charge in [-0.2, -0.15) is 10.2 Å². The van der Waals surface area contributed by atoms with Gasteiger partial charge in [0.05, 0.1) is 16.9 Å². The molecule has 0 atom stereocenters. The molecule has 0 aromatic heterocycles. The molecule has 0 spiro atoms. The Kier molecular flexibility index (Phi) is 5.08. The minimum absolute atomic E-state index is 0.229. The maximum Gasteiger partial charge on any atom is 0.335 e. The number of nitrogens with zero attached hydrogens (tertiary/aromatic N) is 3. The fourth-order valence-corrected chi connectivity index (χ4v) is 2.61. The van der Waals surface area contributed by atoms with E-state index in [-0.39, 0.29) is 5.56 Å². The van der Waals surface area contributed by atoms with E-state index >= 15 is 0 Å². The highest BCUT2D eigenvalue weighted by Crippen LogP contribution is 2.28. The van der Waals surface area contributed by atoms with E-state index < -0.39 is 5.97 Å². The maximum absolute atomic E-state index is 10.8. The molecule has 3 rings (SSSR count). The molecule has 0 saturated heterocycles. The zero-order valence-corrected chi connectivity index (χ0v) is 14.6. The van der Waals surface area contributed by atoms with E-state index in [2.05, 4.69) is 34.2 Å². The fourth-order valence-electron chi connectivity index (χ4n) is 2.61. The van der Waals surface area contributed by atoms with Crippen molar-refractivity contribution in [3.63, 3.8) is 0 Å². The number of azo groups is 1. The van der Waals surface area contributed by atoms with Crippen LogP contribution in [0.3, 0.4) is 0 Å². The molecule has 0 bridgehead atoms. The molecule has 0 heterocycles. The summed E-state index contributed by atoms with van der Waals surface area (Å²) in [6.45, 7) is 2.09. The minimum Gasteiger partial charge on any atom is -0.478 e. The van der Waals surface area contributed by atoms with Crippen LogP contribution in [-0.4, -0.2) is 18.1 Å². The minimum atomic E-state index is -0.957. The van der Waals surface area contributed by atoms with Gasteiger partial charge >= 0.3 is 5.97 Å². The van der Waals surface area contributed by atoms with Crippen LogP contribution in [0.2, 0.25) is 0 Å². The third kappa shape index (κ3) is 3.95. The molecule has 130 valence electrons. The number of aryl methyl sites for hydroxylation is 1. The van der Waals surface area contributed by atoms with Gasteiger partial charge in [0.25, 0.3) is 0 Å². The Morgan fingerprint density at radius 3 is 1.92 bits per heavy atom. The summed E-state index contributed by atoms with van der Waals surface area (Å²) in [6, 6.07) is 22.3. The predicted octanol–water partition coefficient (Wildman–Crippen LogP) is 5.88. The van der Waals surface area contributed by atoms with Crippen LogP contribution in [0.15, 0.2) is 83.0 Å². The van der Waals surface area contributed by atoms with Gasteiger partial charge in [-0.05, 0) is 67.1 Å². The van der Waals surface area contributed by atoms with Crippen LogP contribution in [0.25, 0.3) is 0 Å². The van der Waals surface area contributed by atoms with Gasteiger partial charge in [0.15, 0.2) is 0 Å². The smallest absolute Gasteiger partial charge is 0.335 e. The van der Waals surface area contributed by atoms with Crippen LogP contribution >= 0.6 is 0 Å². The molecule has 0 saturated carbocycles. The highest BCUT2D eigenvalue weighted by atomic mass is 16.4. The summed E-state index contributed by atoms with van der Waals surface area (Å²) >= 11 is 0. The number of benzene rings is 3. The van der Waals surface area contributed by atoms with Crippen molar-refractivity contribution in [2.24, 2.45) is 10.2 Å². The predicted molar refractivity (Wildman–Crippen MR) is 103 cm³/mol. The van der Waals surface area contributed by atoms with Gasteiger partial charge in [-0.25, -0.2) is 4.79 Å². The van der Waals surface area contributed by atoms with E-state index in [1.165, 1.54) is 17.7 Å². The molecule has 0 fully saturated rings. The fraction of sp³-hybridized carbons (Fsp3) is 0.0952. The Morgan fingerprint density at radius 1 is 0.846 bits per heavy atom. The summed E-state index contributed by atoms with van der Waals surface area (Å²) in [5.41, 5.74) is 4.99. The third-order valence-electron chi connectivity index (χ3n) is 4.11. The number of para-hydroxylation sites is 1. The summed E-state index contributed by atoms with van der Waals surface area (Å²) in [5, 5.41) is 17.2. The van der Waals surface area contributed by atoms with Crippen molar-refractivity contribution in [1.29, 1.82) is 0 Å². The highest BCUT2D eigenvalue weighted by molar-refractivity contribution is 5.87. The van der Waals surface area contributed by atoms with Crippen LogP contribution < -0.4 is 4.90 Å². The Morgan fingerprint density at radius 2 is 1.38 bits per heavy atom. The molecule has 0 aliphatic rings. The summed E-state index contributed by atoms with van der Waals surface area (Å²) < 4.78 is 0. The summed E-state index contributed by atoms with van der Waals surface area (Å²) in [4.78, 5) is 13.0. The number of hydrogen-bond acceptors (Lipinski definition) is 4. The van der Waals surface area contributed by atoms with Crippen LogP contribution in [0.1, 0.15) is 15.9 Å². The number of anilines is 2. The summed E-state index contributed by atoms with van der Waals surface area (Å²) in [6.07, 6.45) is 0. The SMILES string of the molecule is Cc1ccccc1N(C)c1ccc(N=Nc2ccc(C(=O)O)cc2)cc1. The number of aromatic carboxylic acids is 1. The molecule has 5 heteroatoms.